The summed E-state index contributed by atoms with van der Waals surface area (Å²) < 4.78 is 1.31. The van der Waals surface area contributed by atoms with Crippen LogP contribution in [0.3, 0.4) is 0 Å². The number of anilines is 1. The van der Waals surface area contributed by atoms with E-state index in [-0.39, 0.29) is 11.6 Å². The Morgan fingerprint density at radius 1 is 1.08 bits per heavy atom. The molecule has 0 aliphatic carbocycles. The summed E-state index contributed by atoms with van der Waals surface area (Å²) in [6.45, 7) is 2.07. The standard InChI is InChI=1S/C19H17N5OS/c1-13-5-7-14(8-6-13)12-16(15-4-2-3-10-20-15)22-18-23-24-17(25)9-11-21-19(24)26-18/h2-11,16H,12H2,1H3,(H,22,23). The van der Waals surface area contributed by atoms with Crippen molar-refractivity contribution in [3.63, 3.8) is 0 Å². The predicted molar refractivity (Wildman–Crippen MR) is 103 cm³/mol. The van der Waals surface area contributed by atoms with Gasteiger partial charge in [-0.25, -0.2) is 4.98 Å². The highest BCUT2D eigenvalue weighted by Gasteiger charge is 2.16. The van der Waals surface area contributed by atoms with Crippen LogP contribution in [-0.4, -0.2) is 19.6 Å². The molecule has 0 saturated carbocycles. The molecule has 0 amide bonds. The first-order valence-corrected chi connectivity index (χ1v) is 9.08. The second-order valence-corrected chi connectivity index (χ2v) is 6.98. The zero-order valence-electron chi connectivity index (χ0n) is 14.2. The maximum Gasteiger partial charge on any atom is 0.275 e. The van der Waals surface area contributed by atoms with Gasteiger partial charge >= 0.3 is 0 Å². The molecule has 0 bridgehead atoms. The number of fused-ring (bicyclic) bond motifs is 1. The van der Waals surface area contributed by atoms with Crippen molar-refractivity contribution in [3.05, 3.63) is 88.1 Å². The highest BCUT2D eigenvalue weighted by atomic mass is 32.1. The summed E-state index contributed by atoms with van der Waals surface area (Å²) in [5.41, 5.74) is 3.17. The van der Waals surface area contributed by atoms with Crippen molar-refractivity contribution in [1.82, 2.24) is 19.6 Å². The zero-order valence-corrected chi connectivity index (χ0v) is 15.0. The summed E-state index contributed by atoms with van der Waals surface area (Å²) in [5.74, 6) is 0. The Morgan fingerprint density at radius 2 is 1.92 bits per heavy atom. The minimum atomic E-state index is -0.188. The third-order valence-corrected chi connectivity index (χ3v) is 4.93. The van der Waals surface area contributed by atoms with Gasteiger partial charge in [-0.3, -0.25) is 9.78 Å². The molecule has 1 aromatic carbocycles. The van der Waals surface area contributed by atoms with Gasteiger partial charge in [0, 0.05) is 18.5 Å². The highest BCUT2D eigenvalue weighted by molar-refractivity contribution is 7.20. The van der Waals surface area contributed by atoms with Crippen molar-refractivity contribution >= 4 is 21.4 Å². The van der Waals surface area contributed by atoms with Crippen molar-refractivity contribution in [3.8, 4) is 0 Å². The van der Waals surface area contributed by atoms with E-state index in [1.165, 1.54) is 39.2 Å². The van der Waals surface area contributed by atoms with E-state index < -0.39 is 0 Å². The maximum absolute atomic E-state index is 11.9. The normalized spacial score (nSPS) is 12.2. The average Bonchev–Trinajstić information content (AvgIpc) is 3.08. The Labute approximate surface area is 154 Å². The summed E-state index contributed by atoms with van der Waals surface area (Å²) >= 11 is 1.35. The molecule has 7 heteroatoms. The number of nitrogens with one attached hydrogen (secondary N) is 1. The SMILES string of the molecule is Cc1ccc(CC(Nc2nn3c(=O)ccnc3s2)c2ccccn2)cc1. The van der Waals surface area contributed by atoms with Crippen molar-refractivity contribution in [2.24, 2.45) is 0 Å². The van der Waals surface area contributed by atoms with Gasteiger partial charge in [0.1, 0.15) is 0 Å². The minimum Gasteiger partial charge on any atom is -0.351 e. The number of hydrogen-bond donors (Lipinski definition) is 1. The average molecular weight is 363 g/mol. The van der Waals surface area contributed by atoms with Crippen molar-refractivity contribution in [1.29, 1.82) is 0 Å². The van der Waals surface area contributed by atoms with Gasteiger partial charge in [0.25, 0.3) is 5.56 Å². The number of rotatable bonds is 5. The van der Waals surface area contributed by atoms with E-state index in [4.69, 9.17) is 0 Å². The molecular formula is C19H17N5OS. The molecular weight excluding hydrogens is 346 g/mol. The van der Waals surface area contributed by atoms with E-state index in [9.17, 15) is 4.79 Å². The molecule has 4 rings (SSSR count). The summed E-state index contributed by atoms with van der Waals surface area (Å²) in [6, 6.07) is 15.6. The number of pyridine rings is 1. The van der Waals surface area contributed by atoms with Crippen LogP contribution in [0.5, 0.6) is 0 Å². The van der Waals surface area contributed by atoms with Gasteiger partial charge in [-0.15, -0.1) is 5.10 Å². The molecule has 1 atom stereocenters. The van der Waals surface area contributed by atoms with Crippen LogP contribution in [0.1, 0.15) is 22.9 Å². The molecule has 0 aliphatic rings. The van der Waals surface area contributed by atoms with Crippen LogP contribution in [0.25, 0.3) is 4.96 Å². The third kappa shape index (κ3) is 3.48. The van der Waals surface area contributed by atoms with E-state index in [0.29, 0.717) is 10.1 Å². The molecule has 4 aromatic rings. The number of benzene rings is 1. The lowest BCUT2D eigenvalue weighted by Crippen LogP contribution is -2.16. The van der Waals surface area contributed by atoms with Gasteiger partial charge in [-0.05, 0) is 31.0 Å². The molecule has 26 heavy (non-hydrogen) atoms. The molecule has 3 aromatic heterocycles. The number of nitrogens with zero attached hydrogens (tertiary/aromatic N) is 4. The Balaban J connectivity index is 1.66. The number of hydrogen-bond acceptors (Lipinski definition) is 6. The quantitative estimate of drug-likeness (QED) is 0.589. The smallest absolute Gasteiger partial charge is 0.275 e. The molecule has 0 spiro atoms. The minimum absolute atomic E-state index is 0.0600. The van der Waals surface area contributed by atoms with E-state index in [1.807, 2.05) is 18.2 Å². The fraction of sp³-hybridized carbons (Fsp3) is 0.158. The molecule has 130 valence electrons. The number of aryl methyl sites for hydroxylation is 1. The Kier molecular flexibility index (Phi) is 4.45. The number of aromatic nitrogens is 4. The van der Waals surface area contributed by atoms with Crippen LogP contribution in [0, 0.1) is 6.92 Å². The van der Waals surface area contributed by atoms with Gasteiger partial charge < -0.3 is 5.32 Å². The molecule has 1 N–H and O–H groups in total. The van der Waals surface area contributed by atoms with Gasteiger partial charge in [-0.2, -0.15) is 4.52 Å². The first-order chi connectivity index (χ1) is 12.7. The fourth-order valence-electron chi connectivity index (χ4n) is 2.72. The summed E-state index contributed by atoms with van der Waals surface area (Å²) in [4.78, 5) is 21.2. The molecule has 1 unspecified atom stereocenters. The van der Waals surface area contributed by atoms with E-state index in [2.05, 4.69) is 51.6 Å². The molecule has 0 aliphatic heterocycles. The largest absolute Gasteiger partial charge is 0.351 e. The summed E-state index contributed by atoms with van der Waals surface area (Å²) in [5, 5.41) is 8.42. The second kappa shape index (κ2) is 7.05. The van der Waals surface area contributed by atoms with Crippen LogP contribution in [-0.2, 0) is 6.42 Å². The fourth-order valence-corrected chi connectivity index (χ4v) is 3.55. The topological polar surface area (TPSA) is 72.2 Å². The van der Waals surface area contributed by atoms with Gasteiger partial charge in [0.15, 0.2) is 0 Å². The third-order valence-electron chi connectivity index (χ3n) is 4.07. The summed E-state index contributed by atoms with van der Waals surface area (Å²) in [7, 11) is 0. The van der Waals surface area contributed by atoms with E-state index in [0.717, 1.165) is 12.1 Å². The first kappa shape index (κ1) is 16.4. The van der Waals surface area contributed by atoms with Crippen LogP contribution in [0.2, 0.25) is 0 Å². The lowest BCUT2D eigenvalue weighted by atomic mass is 10.0. The summed E-state index contributed by atoms with van der Waals surface area (Å²) in [6.07, 6.45) is 4.04. The lowest BCUT2D eigenvalue weighted by molar-refractivity contribution is 0.739. The molecule has 3 heterocycles. The van der Waals surface area contributed by atoms with Crippen LogP contribution < -0.4 is 10.9 Å². The van der Waals surface area contributed by atoms with Crippen molar-refractivity contribution < 1.29 is 0 Å². The maximum atomic E-state index is 11.9. The lowest BCUT2D eigenvalue weighted by Gasteiger charge is -2.17. The van der Waals surface area contributed by atoms with Gasteiger partial charge in [0.05, 0.1) is 11.7 Å². The second-order valence-electron chi connectivity index (χ2n) is 6.03. The Morgan fingerprint density at radius 3 is 2.65 bits per heavy atom. The molecule has 0 fully saturated rings. The van der Waals surface area contributed by atoms with E-state index in [1.54, 1.807) is 6.20 Å². The monoisotopic (exact) mass is 363 g/mol. The van der Waals surface area contributed by atoms with E-state index >= 15 is 0 Å². The van der Waals surface area contributed by atoms with Crippen LogP contribution in [0.15, 0.2) is 65.7 Å². The molecule has 6 nitrogen and oxygen atoms in total. The van der Waals surface area contributed by atoms with Crippen LogP contribution >= 0.6 is 11.3 Å². The zero-order chi connectivity index (χ0) is 17.9. The Bertz CT molecular complexity index is 1070. The first-order valence-electron chi connectivity index (χ1n) is 8.27. The molecule has 0 radical (unpaired) electrons. The van der Waals surface area contributed by atoms with Crippen molar-refractivity contribution in [2.75, 3.05) is 5.32 Å². The predicted octanol–water partition coefficient (Wildman–Crippen LogP) is 3.25. The van der Waals surface area contributed by atoms with Crippen LogP contribution in [0.4, 0.5) is 5.13 Å². The van der Waals surface area contributed by atoms with Crippen molar-refractivity contribution in [2.45, 2.75) is 19.4 Å². The van der Waals surface area contributed by atoms with Gasteiger partial charge in [-0.1, -0.05) is 47.2 Å². The highest BCUT2D eigenvalue weighted by Crippen LogP contribution is 2.25. The molecule has 0 saturated heterocycles. The Hall–Kier alpha value is -3.06. The van der Waals surface area contributed by atoms with Gasteiger partial charge in [0.2, 0.25) is 10.1 Å².